The molecule has 216 valence electrons. The molecule has 8 nitrogen and oxygen atoms in total. The van der Waals surface area contributed by atoms with E-state index >= 15 is 0 Å². The molecule has 0 radical (unpaired) electrons. The van der Waals surface area contributed by atoms with E-state index in [4.69, 9.17) is 23.7 Å². The molecule has 0 saturated carbocycles. The number of thioether (sulfide) groups is 1. The van der Waals surface area contributed by atoms with Crippen molar-refractivity contribution in [2.24, 2.45) is 0 Å². The molecular formula is C32H35NO7S. The third-order valence-corrected chi connectivity index (χ3v) is 7.24. The minimum Gasteiger partial charge on any atom is -0.493 e. The van der Waals surface area contributed by atoms with E-state index in [1.54, 1.807) is 44.6 Å². The Morgan fingerprint density at radius 1 is 0.756 bits per heavy atom. The van der Waals surface area contributed by atoms with Crippen molar-refractivity contribution in [2.75, 3.05) is 40.6 Å². The molecule has 41 heavy (non-hydrogen) atoms. The van der Waals surface area contributed by atoms with E-state index in [0.717, 1.165) is 17.5 Å². The SMILES string of the molecule is COc1cc(/C=C2\SC(=O)N(CCOc3ccccc3OC)C2=O)ccc1OCCOc1ccc(C(C)(C)C)cc1. The zero-order valence-electron chi connectivity index (χ0n) is 24.0. The van der Waals surface area contributed by atoms with Crippen LogP contribution in [0.2, 0.25) is 0 Å². The van der Waals surface area contributed by atoms with Gasteiger partial charge in [0.25, 0.3) is 11.1 Å². The number of carbonyl (C=O) groups is 2. The fraction of sp³-hybridized carbons (Fsp3) is 0.312. The minimum absolute atomic E-state index is 0.0888. The second-order valence-corrected chi connectivity index (χ2v) is 11.2. The van der Waals surface area contributed by atoms with E-state index in [2.05, 4.69) is 32.9 Å². The van der Waals surface area contributed by atoms with Crippen molar-refractivity contribution in [3.63, 3.8) is 0 Å². The summed E-state index contributed by atoms with van der Waals surface area (Å²) < 4.78 is 28.2. The van der Waals surface area contributed by atoms with Gasteiger partial charge >= 0.3 is 0 Å². The van der Waals surface area contributed by atoms with Crippen LogP contribution in [0, 0.1) is 0 Å². The summed E-state index contributed by atoms with van der Waals surface area (Å²) in [6.07, 6.45) is 1.67. The van der Waals surface area contributed by atoms with Crippen molar-refractivity contribution in [3.05, 3.63) is 82.8 Å². The van der Waals surface area contributed by atoms with Crippen molar-refractivity contribution < 1.29 is 33.3 Å². The molecule has 1 fully saturated rings. The zero-order chi connectivity index (χ0) is 29.4. The van der Waals surface area contributed by atoms with Crippen molar-refractivity contribution in [1.82, 2.24) is 4.90 Å². The molecule has 0 unspecified atom stereocenters. The minimum atomic E-state index is -0.365. The number of ether oxygens (including phenoxy) is 5. The van der Waals surface area contributed by atoms with Crippen LogP contribution in [-0.4, -0.2) is 56.6 Å². The highest BCUT2D eigenvalue weighted by molar-refractivity contribution is 8.18. The smallest absolute Gasteiger partial charge is 0.293 e. The topological polar surface area (TPSA) is 83.5 Å². The normalized spacial score (nSPS) is 14.4. The van der Waals surface area contributed by atoms with Crippen LogP contribution >= 0.6 is 11.8 Å². The Morgan fingerprint density at radius 3 is 2.07 bits per heavy atom. The van der Waals surface area contributed by atoms with Gasteiger partial charge in [-0.3, -0.25) is 14.5 Å². The van der Waals surface area contributed by atoms with Gasteiger partial charge in [0.2, 0.25) is 0 Å². The summed E-state index contributed by atoms with van der Waals surface area (Å²) in [7, 11) is 3.11. The molecule has 3 aromatic carbocycles. The first kappa shape index (κ1) is 29.9. The Balaban J connectivity index is 1.31. The van der Waals surface area contributed by atoms with Gasteiger partial charge in [0.1, 0.15) is 25.6 Å². The quantitative estimate of drug-likeness (QED) is 0.176. The number of imide groups is 1. The van der Waals surface area contributed by atoms with Gasteiger partial charge in [0.05, 0.1) is 25.7 Å². The lowest BCUT2D eigenvalue weighted by molar-refractivity contribution is -0.123. The van der Waals surface area contributed by atoms with Crippen LogP contribution in [0.5, 0.6) is 28.7 Å². The lowest BCUT2D eigenvalue weighted by Crippen LogP contribution is -2.32. The monoisotopic (exact) mass is 577 g/mol. The van der Waals surface area contributed by atoms with E-state index in [0.29, 0.717) is 46.7 Å². The van der Waals surface area contributed by atoms with E-state index in [-0.39, 0.29) is 29.7 Å². The van der Waals surface area contributed by atoms with Crippen molar-refractivity contribution >= 4 is 29.0 Å². The van der Waals surface area contributed by atoms with Gasteiger partial charge in [0, 0.05) is 0 Å². The van der Waals surface area contributed by atoms with Crippen LogP contribution in [0.1, 0.15) is 31.9 Å². The van der Waals surface area contributed by atoms with Gasteiger partial charge in [-0.15, -0.1) is 0 Å². The first-order valence-electron chi connectivity index (χ1n) is 13.2. The fourth-order valence-electron chi connectivity index (χ4n) is 4.08. The maximum atomic E-state index is 12.9. The predicted octanol–water partition coefficient (Wildman–Crippen LogP) is 6.57. The van der Waals surface area contributed by atoms with Crippen molar-refractivity contribution in [3.8, 4) is 28.7 Å². The largest absolute Gasteiger partial charge is 0.493 e. The Bertz CT molecular complexity index is 1400. The van der Waals surface area contributed by atoms with Gasteiger partial charge in [-0.1, -0.05) is 51.1 Å². The summed E-state index contributed by atoms with van der Waals surface area (Å²) in [4.78, 5) is 27.0. The molecule has 1 saturated heterocycles. The molecule has 9 heteroatoms. The molecular weight excluding hydrogens is 542 g/mol. The lowest BCUT2D eigenvalue weighted by atomic mass is 9.87. The fourth-order valence-corrected chi connectivity index (χ4v) is 4.95. The molecule has 0 aliphatic carbocycles. The molecule has 4 rings (SSSR count). The summed E-state index contributed by atoms with van der Waals surface area (Å²) in [6, 6.07) is 20.6. The molecule has 0 bridgehead atoms. The van der Waals surface area contributed by atoms with Crippen molar-refractivity contribution in [1.29, 1.82) is 0 Å². The number of methoxy groups -OCH3 is 2. The third kappa shape index (κ3) is 7.76. The van der Waals surface area contributed by atoms with E-state index in [9.17, 15) is 9.59 Å². The number of rotatable bonds is 12. The van der Waals surface area contributed by atoms with E-state index in [1.807, 2.05) is 30.3 Å². The Labute approximate surface area is 245 Å². The number of carbonyl (C=O) groups excluding carboxylic acids is 2. The van der Waals surface area contributed by atoms with Gasteiger partial charge in [-0.05, 0) is 70.8 Å². The summed E-state index contributed by atoms with van der Waals surface area (Å²) in [5, 5.41) is -0.343. The Hall–Kier alpha value is -4.11. The molecule has 0 atom stereocenters. The number of nitrogens with zero attached hydrogens (tertiary/aromatic N) is 1. The highest BCUT2D eigenvalue weighted by Gasteiger charge is 2.35. The van der Waals surface area contributed by atoms with Crippen LogP contribution in [-0.2, 0) is 10.2 Å². The molecule has 0 aromatic heterocycles. The summed E-state index contributed by atoms with van der Waals surface area (Å²) in [5.74, 6) is 2.62. The molecule has 1 heterocycles. The zero-order valence-corrected chi connectivity index (χ0v) is 24.8. The number of benzene rings is 3. The standard InChI is InChI=1S/C32H35NO7S/c1-32(2,3)23-11-13-24(14-12-23)38-18-19-40-27-15-10-22(20-28(27)37-5)21-29-30(34)33(31(35)41-29)16-17-39-26-9-7-6-8-25(26)36-4/h6-15,20-21H,16-19H2,1-5H3/b29-21-. The second kappa shape index (κ2) is 13.5. The van der Waals surface area contributed by atoms with Crippen LogP contribution in [0.15, 0.2) is 71.6 Å². The molecule has 1 aliphatic heterocycles. The summed E-state index contributed by atoms with van der Waals surface area (Å²) >= 11 is 0.895. The van der Waals surface area contributed by atoms with E-state index < -0.39 is 0 Å². The van der Waals surface area contributed by atoms with E-state index in [1.165, 1.54) is 10.5 Å². The predicted molar refractivity (Wildman–Crippen MR) is 160 cm³/mol. The molecule has 0 N–H and O–H groups in total. The molecule has 2 amide bonds. The van der Waals surface area contributed by atoms with Crippen LogP contribution in [0.4, 0.5) is 4.79 Å². The van der Waals surface area contributed by atoms with Gasteiger partial charge in [0.15, 0.2) is 23.0 Å². The van der Waals surface area contributed by atoms with Gasteiger partial charge < -0.3 is 23.7 Å². The number of hydrogen-bond acceptors (Lipinski definition) is 8. The molecule has 0 spiro atoms. The maximum Gasteiger partial charge on any atom is 0.293 e. The first-order chi connectivity index (χ1) is 19.7. The Kier molecular flexibility index (Phi) is 9.83. The molecule has 1 aliphatic rings. The lowest BCUT2D eigenvalue weighted by Gasteiger charge is -2.19. The van der Waals surface area contributed by atoms with Crippen LogP contribution in [0.25, 0.3) is 6.08 Å². The average Bonchev–Trinajstić information content (AvgIpc) is 3.23. The van der Waals surface area contributed by atoms with Crippen molar-refractivity contribution in [2.45, 2.75) is 26.2 Å². The summed E-state index contributed by atoms with van der Waals surface area (Å²) in [5.41, 5.74) is 2.04. The highest BCUT2D eigenvalue weighted by atomic mass is 32.2. The molecule has 3 aromatic rings. The summed E-state index contributed by atoms with van der Waals surface area (Å²) in [6.45, 7) is 7.49. The van der Waals surface area contributed by atoms with Crippen LogP contribution < -0.4 is 23.7 Å². The number of para-hydroxylation sites is 2. The van der Waals surface area contributed by atoms with Gasteiger partial charge in [-0.2, -0.15) is 0 Å². The maximum absolute atomic E-state index is 12.9. The number of hydrogen-bond donors (Lipinski definition) is 0. The highest BCUT2D eigenvalue weighted by Crippen LogP contribution is 2.35. The average molecular weight is 578 g/mol. The van der Waals surface area contributed by atoms with Gasteiger partial charge in [-0.25, -0.2) is 0 Å². The number of amides is 2. The Morgan fingerprint density at radius 2 is 1.39 bits per heavy atom. The third-order valence-electron chi connectivity index (χ3n) is 6.33. The first-order valence-corrected chi connectivity index (χ1v) is 14.1. The second-order valence-electron chi connectivity index (χ2n) is 10.2. The van der Waals surface area contributed by atoms with Crippen LogP contribution in [0.3, 0.4) is 0 Å².